The summed E-state index contributed by atoms with van der Waals surface area (Å²) in [6.45, 7) is 7.04. The van der Waals surface area contributed by atoms with Crippen LogP contribution in [-0.2, 0) is 16.6 Å². The van der Waals surface area contributed by atoms with Crippen LogP contribution in [-0.4, -0.2) is 53.9 Å². The molecule has 0 amide bonds. The zero-order valence-corrected chi connectivity index (χ0v) is 16.9. The first-order valence-electron chi connectivity index (χ1n) is 9.45. The Kier molecular flexibility index (Phi) is 5.18. The predicted octanol–water partition coefficient (Wildman–Crippen LogP) is 2.74. The summed E-state index contributed by atoms with van der Waals surface area (Å²) in [7, 11) is -3.60. The number of fused-ring (bicyclic) bond motifs is 1. The van der Waals surface area contributed by atoms with Gasteiger partial charge >= 0.3 is 0 Å². The lowest BCUT2D eigenvalue weighted by molar-refractivity contribution is 0.276. The number of para-hydroxylation sites is 1. The summed E-state index contributed by atoms with van der Waals surface area (Å²) in [6.07, 6.45) is 2.41. The largest absolute Gasteiger partial charge is 0.361 e. The Balaban J connectivity index is 1.55. The Hall–Kier alpha value is -2.29. The zero-order chi connectivity index (χ0) is 19.7. The third-order valence-electron chi connectivity index (χ3n) is 5.32. The molecule has 2 aromatic heterocycles. The summed E-state index contributed by atoms with van der Waals surface area (Å²) >= 11 is 0. The lowest BCUT2D eigenvalue weighted by atomic mass is 10.2. The molecule has 0 bridgehead atoms. The maximum absolute atomic E-state index is 13.3. The van der Waals surface area contributed by atoms with Crippen LogP contribution in [0.2, 0.25) is 0 Å². The molecule has 0 radical (unpaired) electrons. The molecule has 4 rings (SSSR count). The van der Waals surface area contributed by atoms with Gasteiger partial charge in [-0.3, -0.25) is 9.88 Å². The van der Waals surface area contributed by atoms with E-state index in [1.165, 1.54) is 0 Å². The van der Waals surface area contributed by atoms with Crippen LogP contribution in [0.4, 0.5) is 0 Å². The number of pyridine rings is 1. The van der Waals surface area contributed by atoms with Gasteiger partial charge in [-0.2, -0.15) is 4.31 Å². The standard InChI is InChI=1S/C20H24N4O3S/c1-15-18(16(2)27-22-15)14-23-10-5-11-24(13-12-23)28(25,26)19-8-3-6-17-7-4-9-21-20(17)19/h3-4,6-9H,5,10-14H2,1-2H3. The molecule has 1 aliphatic heterocycles. The summed E-state index contributed by atoms with van der Waals surface area (Å²) in [5, 5.41) is 4.84. The highest BCUT2D eigenvalue weighted by atomic mass is 32.2. The van der Waals surface area contributed by atoms with Crippen LogP contribution in [0.15, 0.2) is 45.9 Å². The van der Waals surface area contributed by atoms with Gasteiger partial charge in [-0.1, -0.05) is 23.4 Å². The quantitative estimate of drug-likeness (QED) is 0.670. The molecule has 28 heavy (non-hydrogen) atoms. The van der Waals surface area contributed by atoms with Crippen LogP contribution in [0.25, 0.3) is 10.9 Å². The van der Waals surface area contributed by atoms with Crippen LogP contribution in [0.1, 0.15) is 23.4 Å². The minimum absolute atomic E-state index is 0.282. The van der Waals surface area contributed by atoms with Gasteiger partial charge in [-0.05, 0) is 38.9 Å². The highest BCUT2D eigenvalue weighted by molar-refractivity contribution is 7.89. The average Bonchev–Trinajstić information content (AvgIpc) is 2.89. The van der Waals surface area contributed by atoms with Crippen molar-refractivity contribution in [3.63, 3.8) is 0 Å². The fourth-order valence-corrected chi connectivity index (χ4v) is 5.36. The van der Waals surface area contributed by atoms with E-state index in [1.807, 2.05) is 32.0 Å². The molecular weight excluding hydrogens is 376 g/mol. The van der Waals surface area contributed by atoms with Crippen LogP contribution >= 0.6 is 0 Å². The van der Waals surface area contributed by atoms with Crippen LogP contribution in [0.5, 0.6) is 0 Å². The summed E-state index contributed by atoms with van der Waals surface area (Å²) in [6, 6.07) is 9.01. The summed E-state index contributed by atoms with van der Waals surface area (Å²) in [5.74, 6) is 0.827. The Labute approximate surface area is 165 Å². The Morgan fingerprint density at radius 3 is 2.68 bits per heavy atom. The molecule has 0 spiro atoms. The summed E-state index contributed by atoms with van der Waals surface area (Å²) in [4.78, 5) is 6.87. The van der Waals surface area contributed by atoms with E-state index < -0.39 is 10.0 Å². The van der Waals surface area contributed by atoms with Gasteiger partial charge in [0, 0.05) is 43.3 Å². The van der Waals surface area contributed by atoms with E-state index in [9.17, 15) is 8.42 Å². The molecule has 1 fully saturated rings. The maximum Gasteiger partial charge on any atom is 0.245 e. The molecule has 7 nitrogen and oxygen atoms in total. The van der Waals surface area contributed by atoms with Gasteiger partial charge in [0.05, 0.1) is 11.2 Å². The molecule has 0 aliphatic carbocycles. The first-order chi connectivity index (χ1) is 13.5. The van der Waals surface area contributed by atoms with Crippen molar-refractivity contribution in [2.75, 3.05) is 26.2 Å². The van der Waals surface area contributed by atoms with E-state index in [1.54, 1.807) is 22.6 Å². The van der Waals surface area contributed by atoms with Gasteiger partial charge in [-0.25, -0.2) is 8.42 Å². The van der Waals surface area contributed by atoms with Crippen molar-refractivity contribution in [2.45, 2.75) is 31.7 Å². The number of benzene rings is 1. The van der Waals surface area contributed by atoms with E-state index in [0.29, 0.717) is 25.2 Å². The molecule has 3 aromatic rings. The molecule has 0 unspecified atom stereocenters. The second kappa shape index (κ2) is 7.62. The summed E-state index contributed by atoms with van der Waals surface area (Å²) in [5.41, 5.74) is 2.52. The van der Waals surface area contributed by atoms with Crippen molar-refractivity contribution in [1.82, 2.24) is 19.3 Å². The Morgan fingerprint density at radius 1 is 1.07 bits per heavy atom. The molecule has 8 heteroatoms. The van der Waals surface area contributed by atoms with Crippen molar-refractivity contribution in [2.24, 2.45) is 0 Å². The van der Waals surface area contributed by atoms with Gasteiger partial charge in [0.25, 0.3) is 0 Å². The fourth-order valence-electron chi connectivity index (χ4n) is 3.72. The van der Waals surface area contributed by atoms with Crippen molar-refractivity contribution in [3.05, 3.63) is 53.5 Å². The smallest absolute Gasteiger partial charge is 0.245 e. The highest BCUT2D eigenvalue weighted by Crippen LogP contribution is 2.25. The first-order valence-corrected chi connectivity index (χ1v) is 10.9. The average molecular weight is 401 g/mol. The molecule has 0 atom stereocenters. The monoisotopic (exact) mass is 400 g/mol. The van der Waals surface area contributed by atoms with Crippen molar-refractivity contribution in [1.29, 1.82) is 0 Å². The minimum Gasteiger partial charge on any atom is -0.361 e. The van der Waals surface area contributed by atoms with Crippen LogP contribution < -0.4 is 0 Å². The topological polar surface area (TPSA) is 79.5 Å². The minimum atomic E-state index is -3.60. The van der Waals surface area contributed by atoms with Gasteiger partial charge < -0.3 is 4.52 Å². The Bertz CT molecular complexity index is 1070. The fraction of sp³-hybridized carbons (Fsp3) is 0.400. The lowest BCUT2D eigenvalue weighted by Gasteiger charge is -2.22. The van der Waals surface area contributed by atoms with Crippen LogP contribution in [0.3, 0.4) is 0 Å². The third kappa shape index (κ3) is 3.55. The molecule has 1 aliphatic rings. The molecule has 1 aromatic carbocycles. The number of rotatable bonds is 4. The van der Waals surface area contributed by atoms with E-state index >= 15 is 0 Å². The number of aromatic nitrogens is 2. The third-order valence-corrected chi connectivity index (χ3v) is 7.25. The zero-order valence-electron chi connectivity index (χ0n) is 16.1. The molecule has 3 heterocycles. The SMILES string of the molecule is Cc1noc(C)c1CN1CCCN(S(=O)(=O)c2cccc3cccnc23)CC1. The van der Waals surface area contributed by atoms with Crippen molar-refractivity contribution < 1.29 is 12.9 Å². The molecule has 148 valence electrons. The van der Waals surface area contributed by atoms with Crippen molar-refractivity contribution in [3.8, 4) is 0 Å². The number of sulfonamides is 1. The molecular formula is C20H24N4O3S. The van der Waals surface area contributed by atoms with E-state index in [4.69, 9.17) is 4.52 Å². The highest BCUT2D eigenvalue weighted by Gasteiger charge is 2.29. The summed E-state index contributed by atoms with van der Waals surface area (Å²) < 4.78 is 33.5. The van der Waals surface area contributed by atoms with Gasteiger partial charge in [-0.15, -0.1) is 0 Å². The number of hydrogen-bond donors (Lipinski definition) is 0. The van der Waals surface area contributed by atoms with Gasteiger partial charge in [0.15, 0.2) is 0 Å². The second-order valence-electron chi connectivity index (χ2n) is 7.17. The van der Waals surface area contributed by atoms with Crippen molar-refractivity contribution >= 4 is 20.9 Å². The number of nitrogens with zero attached hydrogens (tertiary/aromatic N) is 4. The van der Waals surface area contributed by atoms with E-state index in [2.05, 4.69) is 15.0 Å². The van der Waals surface area contributed by atoms with Gasteiger partial charge in [0.1, 0.15) is 10.7 Å². The van der Waals surface area contributed by atoms with Crippen LogP contribution in [0, 0.1) is 13.8 Å². The van der Waals surface area contributed by atoms with Gasteiger partial charge in [0.2, 0.25) is 10.0 Å². The number of aryl methyl sites for hydroxylation is 2. The number of hydrogen-bond acceptors (Lipinski definition) is 6. The first kappa shape index (κ1) is 19.0. The molecule has 0 saturated carbocycles. The normalized spacial score (nSPS) is 17.1. The second-order valence-corrected chi connectivity index (χ2v) is 9.07. The Morgan fingerprint density at radius 2 is 1.89 bits per heavy atom. The van der Waals surface area contributed by atoms with E-state index in [-0.39, 0.29) is 4.90 Å². The van der Waals surface area contributed by atoms with E-state index in [0.717, 1.165) is 41.9 Å². The molecule has 0 N–H and O–H groups in total. The molecule has 1 saturated heterocycles. The maximum atomic E-state index is 13.3. The lowest BCUT2D eigenvalue weighted by Crippen LogP contribution is -2.35. The predicted molar refractivity (Wildman–Crippen MR) is 106 cm³/mol.